The van der Waals surface area contributed by atoms with Crippen molar-refractivity contribution in [1.82, 2.24) is 15.5 Å². The molecule has 2 aliphatic heterocycles. The Morgan fingerprint density at radius 3 is 2.80 bits per heavy atom. The van der Waals surface area contributed by atoms with E-state index in [0.29, 0.717) is 6.54 Å². The maximum atomic E-state index is 12.2. The standard InChI is InChI=1S/C18H27N3O2.2ClH/c22-18(16-7-4-8-19-11-16)20-12-17-14-21(9-10-23-17)13-15-5-2-1-3-6-15;;/h1-3,5-6,16-17,19H,4,7-14H2,(H,20,22);2*1H/t16-,17?;;/m1../s1. The quantitative estimate of drug-likeness (QED) is 0.806. The first-order chi connectivity index (χ1) is 11.3. The van der Waals surface area contributed by atoms with E-state index in [1.807, 2.05) is 6.07 Å². The number of hydrogen-bond acceptors (Lipinski definition) is 4. The molecule has 7 heteroatoms. The maximum absolute atomic E-state index is 12.2. The van der Waals surface area contributed by atoms with Crippen LogP contribution >= 0.6 is 24.8 Å². The van der Waals surface area contributed by atoms with E-state index in [1.165, 1.54) is 5.56 Å². The van der Waals surface area contributed by atoms with Crippen LogP contribution in [-0.4, -0.2) is 56.2 Å². The summed E-state index contributed by atoms with van der Waals surface area (Å²) in [5, 5.41) is 6.36. The highest BCUT2D eigenvalue weighted by molar-refractivity contribution is 5.85. The van der Waals surface area contributed by atoms with Crippen molar-refractivity contribution in [2.24, 2.45) is 5.92 Å². The summed E-state index contributed by atoms with van der Waals surface area (Å²) in [6, 6.07) is 10.5. The molecule has 0 aromatic heterocycles. The maximum Gasteiger partial charge on any atom is 0.224 e. The molecule has 2 N–H and O–H groups in total. The number of hydrogen-bond donors (Lipinski definition) is 2. The average Bonchev–Trinajstić information content (AvgIpc) is 2.62. The van der Waals surface area contributed by atoms with Gasteiger partial charge in [-0.05, 0) is 24.9 Å². The second-order valence-corrected chi connectivity index (χ2v) is 6.50. The first-order valence-corrected chi connectivity index (χ1v) is 8.67. The van der Waals surface area contributed by atoms with Crippen molar-refractivity contribution in [3.8, 4) is 0 Å². The van der Waals surface area contributed by atoms with Crippen LogP contribution in [0.15, 0.2) is 30.3 Å². The smallest absolute Gasteiger partial charge is 0.224 e. The number of carbonyl (C=O) groups is 1. The zero-order chi connectivity index (χ0) is 15.9. The monoisotopic (exact) mass is 389 g/mol. The van der Waals surface area contributed by atoms with E-state index in [-0.39, 0.29) is 42.7 Å². The Labute approximate surface area is 162 Å². The average molecular weight is 390 g/mol. The molecule has 2 saturated heterocycles. The van der Waals surface area contributed by atoms with Crippen LogP contribution in [0.5, 0.6) is 0 Å². The van der Waals surface area contributed by atoms with Crippen LogP contribution in [-0.2, 0) is 16.1 Å². The van der Waals surface area contributed by atoms with Gasteiger partial charge in [0.1, 0.15) is 0 Å². The van der Waals surface area contributed by atoms with Crippen molar-refractivity contribution in [1.29, 1.82) is 0 Å². The van der Waals surface area contributed by atoms with Crippen molar-refractivity contribution in [2.75, 3.05) is 39.3 Å². The van der Waals surface area contributed by atoms with Crippen LogP contribution in [0.2, 0.25) is 0 Å². The van der Waals surface area contributed by atoms with E-state index >= 15 is 0 Å². The molecule has 0 aliphatic carbocycles. The van der Waals surface area contributed by atoms with Crippen LogP contribution in [0.4, 0.5) is 0 Å². The third-order valence-electron chi connectivity index (χ3n) is 4.64. The highest BCUT2D eigenvalue weighted by Crippen LogP contribution is 2.12. The molecular weight excluding hydrogens is 361 g/mol. The van der Waals surface area contributed by atoms with Crippen molar-refractivity contribution >= 4 is 30.7 Å². The molecule has 2 atom stereocenters. The highest BCUT2D eigenvalue weighted by Gasteiger charge is 2.24. The lowest BCUT2D eigenvalue weighted by Gasteiger charge is -2.33. The van der Waals surface area contributed by atoms with Gasteiger partial charge in [-0.2, -0.15) is 0 Å². The normalized spacial score (nSPS) is 23.8. The lowest BCUT2D eigenvalue weighted by atomic mass is 9.99. The molecule has 2 aliphatic rings. The molecule has 2 heterocycles. The van der Waals surface area contributed by atoms with Gasteiger partial charge in [-0.1, -0.05) is 30.3 Å². The number of benzene rings is 1. The largest absolute Gasteiger partial charge is 0.374 e. The zero-order valence-electron chi connectivity index (χ0n) is 14.5. The minimum absolute atomic E-state index is 0. The fourth-order valence-corrected chi connectivity index (χ4v) is 3.32. The highest BCUT2D eigenvalue weighted by atomic mass is 35.5. The van der Waals surface area contributed by atoms with Crippen molar-refractivity contribution in [2.45, 2.75) is 25.5 Å². The number of carbonyl (C=O) groups excluding carboxylic acids is 1. The molecular formula is C18H29Cl2N3O2. The number of morpholine rings is 1. The Bertz CT molecular complexity index is 498. The third kappa shape index (κ3) is 7.12. The van der Waals surface area contributed by atoms with Crippen LogP contribution in [0.3, 0.4) is 0 Å². The Morgan fingerprint density at radius 1 is 1.28 bits per heavy atom. The van der Waals surface area contributed by atoms with Crippen LogP contribution in [0.1, 0.15) is 18.4 Å². The van der Waals surface area contributed by atoms with Crippen LogP contribution < -0.4 is 10.6 Å². The summed E-state index contributed by atoms with van der Waals surface area (Å²) in [6.07, 6.45) is 2.17. The molecule has 142 valence electrons. The molecule has 3 rings (SSSR count). The van der Waals surface area contributed by atoms with Gasteiger partial charge in [0.05, 0.1) is 18.6 Å². The third-order valence-corrected chi connectivity index (χ3v) is 4.64. The fraction of sp³-hybridized carbons (Fsp3) is 0.611. The van der Waals surface area contributed by atoms with Crippen molar-refractivity contribution < 1.29 is 9.53 Å². The van der Waals surface area contributed by atoms with Gasteiger partial charge in [0.2, 0.25) is 5.91 Å². The van der Waals surface area contributed by atoms with Gasteiger partial charge >= 0.3 is 0 Å². The van der Waals surface area contributed by atoms with Gasteiger partial charge in [0.25, 0.3) is 0 Å². The second-order valence-electron chi connectivity index (χ2n) is 6.50. The summed E-state index contributed by atoms with van der Waals surface area (Å²) in [5.41, 5.74) is 1.32. The second kappa shape index (κ2) is 11.7. The Balaban J connectivity index is 0.00000156. The van der Waals surface area contributed by atoms with E-state index in [2.05, 4.69) is 39.8 Å². The predicted octanol–water partition coefficient (Wildman–Crippen LogP) is 1.85. The molecule has 1 unspecified atom stereocenters. The van der Waals surface area contributed by atoms with E-state index in [4.69, 9.17) is 4.74 Å². The Morgan fingerprint density at radius 2 is 2.08 bits per heavy atom. The molecule has 25 heavy (non-hydrogen) atoms. The minimum Gasteiger partial charge on any atom is -0.374 e. The number of halogens is 2. The molecule has 0 radical (unpaired) electrons. The van der Waals surface area contributed by atoms with Gasteiger partial charge in [-0.3, -0.25) is 9.69 Å². The molecule has 1 aromatic rings. The topological polar surface area (TPSA) is 53.6 Å². The SMILES string of the molecule is Cl.Cl.O=C(NCC1CN(Cc2ccccc2)CCO1)[C@@H]1CCCNC1. The van der Waals surface area contributed by atoms with Crippen molar-refractivity contribution in [3.63, 3.8) is 0 Å². The number of piperidine rings is 1. The summed E-state index contributed by atoms with van der Waals surface area (Å²) in [4.78, 5) is 14.6. The number of ether oxygens (including phenoxy) is 1. The first-order valence-electron chi connectivity index (χ1n) is 8.67. The van der Waals surface area contributed by atoms with Gasteiger partial charge in [-0.15, -0.1) is 24.8 Å². The molecule has 2 fully saturated rings. The molecule has 1 amide bonds. The van der Waals surface area contributed by atoms with E-state index < -0.39 is 0 Å². The molecule has 0 saturated carbocycles. The summed E-state index contributed by atoms with van der Waals surface area (Å²) in [6.45, 7) is 5.95. The van der Waals surface area contributed by atoms with Crippen molar-refractivity contribution in [3.05, 3.63) is 35.9 Å². The van der Waals surface area contributed by atoms with Crippen LogP contribution in [0, 0.1) is 5.92 Å². The molecule has 5 nitrogen and oxygen atoms in total. The zero-order valence-corrected chi connectivity index (χ0v) is 16.1. The first kappa shape index (κ1) is 22.2. The number of amides is 1. The summed E-state index contributed by atoms with van der Waals surface area (Å²) in [7, 11) is 0. The number of nitrogens with one attached hydrogen (secondary N) is 2. The van der Waals surface area contributed by atoms with E-state index in [0.717, 1.165) is 52.2 Å². The Kier molecular flexibility index (Phi) is 10.4. The van der Waals surface area contributed by atoms with E-state index in [9.17, 15) is 4.79 Å². The lowest BCUT2D eigenvalue weighted by molar-refractivity contribution is -0.126. The van der Waals surface area contributed by atoms with Gasteiger partial charge in [-0.25, -0.2) is 0 Å². The van der Waals surface area contributed by atoms with Crippen LogP contribution in [0.25, 0.3) is 0 Å². The number of nitrogens with zero attached hydrogens (tertiary/aromatic N) is 1. The van der Waals surface area contributed by atoms with Gasteiger partial charge in [0, 0.05) is 32.7 Å². The fourth-order valence-electron chi connectivity index (χ4n) is 3.32. The summed E-state index contributed by atoms with van der Waals surface area (Å²) >= 11 is 0. The predicted molar refractivity (Wildman–Crippen MR) is 105 cm³/mol. The summed E-state index contributed by atoms with van der Waals surface area (Å²) < 4.78 is 5.81. The van der Waals surface area contributed by atoms with E-state index in [1.54, 1.807) is 0 Å². The lowest BCUT2D eigenvalue weighted by Crippen LogP contribution is -2.49. The van der Waals surface area contributed by atoms with Gasteiger partial charge < -0.3 is 15.4 Å². The minimum atomic E-state index is 0. The summed E-state index contributed by atoms with van der Waals surface area (Å²) in [5.74, 6) is 0.286. The van der Waals surface area contributed by atoms with Gasteiger partial charge in [0.15, 0.2) is 0 Å². The molecule has 1 aromatic carbocycles. The molecule has 0 bridgehead atoms. The number of rotatable bonds is 5. The molecule has 0 spiro atoms. The Hall–Kier alpha value is -0.850.